The summed E-state index contributed by atoms with van der Waals surface area (Å²) in [6, 6.07) is 10.2. The van der Waals surface area contributed by atoms with Gasteiger partial charge in [0.15, 0.2) is 0 Å². The third-order valence-corrected chi connectivity index (χ3v) is 3.90. The van der Waals surface area contributed by atoms with Gasteiger partial charge in [-0.2, -0.15) is 0 Å². The van der Waals surface area contributed by atoms with Gasteiger partial charge in [0.2, 0.25) is 0 Å². The first kappa shape index (κ1) is 12.9. The van der Waals surface area contributed by atoms with E-state index < -0.39 is 0 Å². The monoisotopic (exact) mass is 372 g/mol. The summed E-state index contributed by atoms with van der Waals surface area (Å²) in [6.07, 6.45) is 3.83. The van der Waals surface area contributed by atoms with E-state index in [9.17, 15) is 0 Å². The van der Waals surface area contributed by atoms with Gasteiger partial charge < -0.3 is 5.32 Å². The van der Waals surface area contributed by atoms with Crippen molar-refractivity contribution in [3.63, 3.8) is 0 Å². The standard InChI is InChI=1S/C12H10Br2N2S/c1-17-10-4-2-3-9(6-10)16-12-11(14)5-8(13)7-15-12/h2-7H,1H3,(H,15,16). The molecule has 17 heavy (non-hydrogen) atoms. The van der Waals surface area contributed by atoms with E-state index in [2.05, 4.69) is 60.5 Å². The zero-order valence-corrected chi connectivity index (χ0v) is 13.1. The second-order valence-corrected chi connectivity index (χ2v) is 5.99. The topological polar surface area (TPSA) is 24.9 Å². The summed E-state index contributed by atoms with van der Waals surface area (Å²) >= 11 is 8.58. The quantitative estimate of drug-likeness (QED) is 0.760. The smallest absolute Gasteiger partial charge is 0.144 e. The lowest BCUT2D eigenvalue weighted by Crippen LogP contribution is -1.94. The van der Waals surface area contributed by atoms with Crippen LogP contribution in [0.25, 0.3) is 0 Å². The molecule has 0 amide bonds. The molecule has 0 radical (unpaired) electrons. The molecule has 2 rings (SSSR count). The van der Waals surface area contributed by atoms with Crippen LogP contribution in [0.4, 0.5) is 11.5 Å². The molecule has 0 saturated heterocycles. The van der Waals surface area contributed by atoms with Crippen molar-refractivity contribution in [3.8, 4) is 0 Å². The summed E-state index contributed by atoms with van der Waals surface area (Å²) < 4.78 is 1.88. The van der Waals surface area contributed by atoms with Crippen molar-refractivity contribution < 1.29 is 0 Å². The number of halogens is 2. The summed E-state index contributed by atoms with van der Waals surface area (Å²) in [5.41, 5.74) is 1.03. The Bertz CT molecular complexity index is 532. The second-order valence-electron chi connectivity index (χ2n) is 3.34. The van der Waals surface area contributed by atoms with Gasteiger partial charge in [-0.15, -0.1) is 11.8 Å². The van der Waals surface area contributed by atoms with Gasteiger partial charge in [-0.05, 0) is 62.4 Å². The third kappa shape index (κ3) is 3.47. The fourth-order valence-corrected chi connectivity index (χ4v) is 2.89. The van der Waals surface area contributed by atoms with Crippen LogP contribution in [0.2, 0.25) is 0 Å². The predicted molar refractivity (Wildman–Crippen MR) is 81.1 cm³/mol. The number of rotatable bonds is 3. The molecule has 1 heterocycles. The van der Waals surface area contributed by atoms with Crippen molar-refractivity contribution in [1.29, 1.82) is 0 Å². The van der Waals surface area contributed by atoms with Crippen molar-refractivity contribution in [3.05, 3.63) is 45.5 Å². The van der Waals surface area contributed by atoms with E-state index in [1.165, 1.54) is 4.90 Å². The lowest BCUT2D eigenvalue weighted by Gasteiger charge is -2.08. The Labute approximate surface area is 121 Å². The molecule has 0 aliphatic rings. The minimum absolute atomic E-state index is 0.812. The zero-order chi connectivity index (χ0) is 12.3. The number of nitrogens with one attached hydrogen (secondary N) is 1. The van der Waals surface area contributed by atoms with Gasteiger partial charge in [-0.1, -0.05) is 6.07 Å². The van der Waals surface area contributed by atoms with Crippen molar-refractivity contribution in [2.75, 3.05) is 11.6 Å². The Morgan fingerprint density at radius 1 is 1.24 bits per heavy atom. The van der Waals surface area contributed by atoms with E-state index in [0.29, 0.717) is 0 Å². The maximum Gasteiger partial charge on any atom is 0.144 e. The number of nitrogens with zero attached hydrogens (tertiary/aromatic N) is 1. The number of benzene rings is 1. The first-order chi connectivity index (χ1) is 8.19. The first-order valence-electron chi connectivity index (χ1n) is 4.91. The molecule has 5 heteroatoms. The van der Waals surface area contributed by atoms with Gasteiger partial charge in [0.25, 0.3) is 0 Å². The van der Waals surface area contributed by atoms with E-state index in [4.69, 9.17) is 0 Å². The Balaban J connectivity index is 2.25. The number of aromatic nitrogens is 1. The normalized spacial score (nSPS) is 10.3. The Hall–Kier alpha value is -0.520. The fraction of sp³-hybridized carbons (Fsp3) is 0.0833. The lowest BCUT2D eigenvalue weighted by atomic mass is 10.3. The van der Waals surface area contributed by atoms with Crippen LogP contribution < -0.4 is 5.32 Å². The van der Waals surface area contributed by atoms with E-state index in [1.54, 1.807) is 18.0 Å². The van der Waals surface area contributed by atoms with Crippen LogP contribution in [0.15, 0.2) is 50.4 Å². The molecule has 0 saturated carbocycles. The number of thioether (sulfide) groups is 1. The van der Waals surface area contributed by atoms with Crippen LogP contribution in [0.5, 0.6) is 0 Å². The maximum absolute atomic E-state index is 4.32. The van der Waals surface area contributed by atoms with Crippen molar-refractivity contribution >= 4 is 55.1 Å². The van der Waals surface area contributed by atoms with Gasteiger partial charge in [-0.25, -0.2) is 4.98 Å². The average Bonchev–Trinajstić information content (AvgIpc) is 2.33. The van der Waals surface area contributed by atoms with Gasteiger partial charge in [0, 0.05) is 21.3 Å². The molecular weight excluding hydrogens is 364 g/mol. The molecular formula is C12H10Br2N2S. The highest BCUT2D eigenvalue weighted by molar-refractivity contribution is 9.11. The molecule has 0 aliphatic heterocycles. The fourth-order valence-electron chi connectivity index (χ4n) is 1.34. The molecule has 0 bridgehead atoms. The van der Waals surface area contributed by atoms with Gasteiger partial charge >= 0.3 is 0 Å². The average molecular weight is 374 g/mol. The number of pyridine rings is 1. The van der Waals surface area contributed by atoms with Crippen LogP contribution in [0.1, 0.15) is 0 Å². The molecule has 0 fully saturated rings. The molecule has 1 aromatic carbocycles. The van der Waals surface area contributed by atoms with E-state index >= 15 is 0 Å². The van der Waals surface area contributed by atoms with Crippen LogP contribution in [-0.4, -0.2) is 11.2 Å². The van der Waals surface area contributed by atoms with Crippen molar-refractivity contribution in [2.24, 2.45) is 0 Å². The second kappa shape index (κ2) is 5.89. The number of hydrogen-bond acceptors (Lipinski definition) is 3. The lowest BCUT2D eigenvalue weighted by molar-refractivity contribution is 1.27. The predicted octanol–water partition coefficient (Wildman–Crippen LogP) is 5.07. The largest absolute Gasteiger partial charge is 0.339 e. The summed E-state index contributed by atoms with van der Waals surface area (Å²) in [5, 5.41) is 3.28. The van der Waals surface area contributed by atoms with Crippen molar-refractivity contribution in [1.82, 2.24) is 4.98 Å². The minimum atomic E-state index is 0.812. The molecule has 0 atom stereocenters. The Morgan fingerprint density at radius 3 is 2.76 bits per heavy atom. The van der Waals surface area contributed by atoms with Crippen LogP contribution >= 0.6 is 43.6 Å². The molecule has 0 spiro atoms. The molecule has 0 aliphatic carbocycles. The summed E-state index contributed by atoms with van der Waals surface area (Å²) in [6.45, 7) is 0. The van der Waals surface area contributed by atoms with Crippen molar-refractivity contribution in [2.45, 2.75) is 4.90 Å². The highest BCUT2D eigenvalue weighted by Crippen LogP contribution is 2.27. The molecule has 1 aromatic heterocycles. The summed E-state index contributed by atoms with van der Waals surface area (Å²) in [4.78, 5) is 5.54. The van der Waals surface area contributed by atoms with Gasteiger partial charge in [-0.3, -0.25) is 0 Å². The molecule has 2 aromatic rings. The van der Waals surface area contributed by atoms with Crippen LogP contribution in [0, 0.1) is 0 Å². The highest BCUT2D eigenvalue weighted by atomic mass is 79.9. The maximum atomic E-state index is 4.32. The SMILES string of the molecule is CSc1cccc(Nc2ncc(Br)cc2Br)c1. The molecule has 1 N–H and O–H groups in total. The summed E-state index contributed by atoms with van der Waals surface area (Å²) in [7, 11) is 0. The number of hydrogen-bond donors (Lipinski definition) is 1. The van der Waals surface area contributed by atoms with Gasteiger partial charge in [0.1, 0.15) is 5.82 Å². The van der Waals surface area contributed by atoms with E-state index in [1.807, 2.05) is 18.2 Å². The van der Waals surface area contributed by atoms with Crippen LogP contribution in [-0.2, 0) is 0 Å². The highest BCUT2D eigenvalue weighted by Gasteiger charge is 2.03. The third-order valence-electron chi connectivity index (χ3n) is 2.14. The Morgan fingerprint density at radius 2 is 2.06 bits per heavy atom. The molecule has 88 valence electrons. The molecule has 2 nitrogen and oxygen atoms in total. The molecule has 0 unspecified atom stereocenters. The van der Waals surface area contributed by atoms with Gasteiger partial charge in [0.05, 0.1) is 4.47 Å². The summed E-state index contributed by atoms with van der Waals surface area (Å²) in [5.74, 6) is 0.812. The minimum Gasteiger partial charge on any atom is -0.339 e. The van der Waals surface area contributed by atoms with Crippen LogP contribution in [0.3, 0.4) is 0 Å². The zero-order valence-electron chi connectivity index (χ0n) is 9.08. The van der Waals surface area contributed by atoms with E-state index in [0.717, 1.165) is 20.5 Å². The Kier molecular flexibility index (Phi) is 4.48. The number of anilines is 2. The van der Waals surface area contributed by atoms with E-state index in [-0.39, 0.29) is 0 Å². The first-order valence-corrected chi connectivity index (χ1v) is 7.72.